The molecule has 1 saturated carbocycles. The number of amides is 2. The minimum absolute atomic E-state index is 0.0142. The molecule has 4 rings (SSSR count). The zero-order chi connectivity index (χ0) is 28.5. The Bertz CT molecular complexity index is 1360. The van der Waals surface area contributed by atoms with E-state index < -0.39 is 69.7 Å². The van der Waals surface area contributed by atoms with Crippen LogP contribution in [-0.2, 0) is 25.6 Å². The predicted octanol–water partition coefficient (Wildman–Crippen LogP) is -0.730. The number of nitrogens with two attached hydrogens (primary N) is 3. The molecule has 2 unspecified atom stereocenters. The summed E-state index contributed by atoms with van der Waals surface area (Å²) in [6, 6.07) is -0.205. The third-order valence-electron chi connectivity index (χ3n) is 7.34. The van der Waals surface area contributed by atoms with Gasteiger partial charge in [0, 0.05) is 22.7 Å². The van der Waals surface area contributed by atoms with Crippen LogP contribution in [0.4, 0.5) is 11.4 Å². The molecule has 12 N–H and O–H groups in total. The average molecular weight is 530 g/mol. The molecule has 1 aromatic carbocycles. The Morgan fingerprint density at radius 1 is 1.18 bits per heavy atom. The van der Waals surface area contributed by atoms with Crippen molar-refractivity contribution in [3.8, 4) is 5.75 Å². The van der Waals surface area contributed by atoms with Gasteiger partial charge in [0.1, 0.15) is 22.8 Å². The van der Waals surface area contributed by atoms with Gasteiger partial charge in [0.05, 0.1) is 23.8 Å². The lowest BCUT2D eigenvalue weighted by Crippen LogP contribution is -2.65. The normalized spacial score (nSPS) is 27.0. The topological polar surface area (TPSA) is 251 Å². The van der Waals surface area contributed by atoms with E-state index in [9.17, 15) is 39.6 Å². The van der Waals surface area contributed by atoms with E-state index in [1.54, 1.807) is 0 Å². The number of aliphatic hydroxyl groups is 3. The Morgan fingerprint density at radius 2 is 1.82 bits per heavy atom. The molecule has 1 fully saturated rings. The second-order valence-corrected chi connectivity index (χ2v) is 10.9. The van der Waals surface area contributed by atoms with Gasteiger partial charge in [0.2, 0.25) is 11.7 Å². The van der Waals surface area contributed by atoms with Crippen molar-refractivity contribution in [2.24, 2.45) is 23.3 Å². The highest BCUT2D eigenvalue weighted by molar-refractivity contribution is 6.24. The maximum atomic E-state index is 13.6. The van der Waals surface area contributed by atoms with Gasteiger partial charge in [-0.1, -0.05) is 0 Å². The third-order valence-corrected chi connectivity index (χ3v) is 7.34. The number of nitrogen functional groups attached to an aromatic ring is 1. The number of carbonyl (C=O) groups is 4. The molecule has 0 bridgehead atoms. The number of carbonyl (C=O) groups excluding carboxylic acids is 4. The van der Waals surface area contributed by atoms with Gasteiger partial charge in [-0.05, 0) is 51.2 Å². The smallest absolute Gasteiger partial charge is 0.255 e. The van der Waals surface area contributed by atoms with Crippen molar-refractivity contribution in [3.05, 3.63) is 34.1 Å². The summed E-state index contributed by atoms with van der Waals surface area (Å²) in [7, 11) is 0. The van der Waals surface area contributed by atoms with Crippen LogP contribution in [0.1, 0.15) is 38.3 Å². The van der Waals surface area contributed by atoms with Crippen LogP contribution < -0.4 is 27.8 Å². The summed E-state index contributed by atoms with van der Waals surface area (Å²) in [5.41, 5.74) is 13.0. The molecule has 0 heterocycles. The molecule has 0 saturated heterocycles. The first kappa shape index (κ1) is 27.1. The Labute approximate surface area is 217 Å². The number of fused-ring (bicyclic) bond motifs is 3. The molecule has 204 valence electrons. The van der Waals surface area contributed by atoms with Gasteiger partial charge < -0.3 is 48.3 Å². The summed E-state index contributed by atoms with van der Waals surface area (Å²) >= 11 is 0. The molecule has 2 amide bonds. The number of phenolic OH excluding ortho intramolecular Hbond substituents is 1. The average Bonchev–Trinajstić information content (AvgIpc) is 2.81. The zero-order valence-electron chi connectivity index (χ0n) is 21.1. The number of phenols is 1. The molecule has 1 aromatic rings. The maximum absolute atomic E-state index is 13.6. The summed E-state index contributed by atoms with van der Waals surface area (Å²) in [6.45, 7) is 5.50. The van der Waals surface area contributed by atoms with E-state index in [4.69, 9.17) is 17.2 Å². The molecule has 3 aliphatic carbocycles. The highest BCUT2D eigenvalue weighted by atomic mass is 16.3. The second kappa shape index (κ2) is 8.82. The van der Waals surface area contributed by atoms with Crippen LogP contribution in [0, 0.1) is 11.8 Å². The zero-order valence-corrected chi connectivity index (χ0v) is 21.1. The summed E-state index contributed by atoms with van der Waals surface area (Å²) < 4.78 is 0. The number of primary amides is 1. The number of aliphatic hydroxyl groups excluding tert-OH is 2. The molecule has 13 heteroatoms. The first-order chi connectivity index (χ1) is 17.5. The highest BCUT2D eigenvalue weighted by Crippen LogP contribution is 2.53. The van der Waals surface area contributed by atoms with Crippen LogP contribution in [0.3, 0.4) is 0 Å². The van der Waals surface area contributed by atoms with Crippen LogP contribution in [0.2, 0.25) is 0 Å². The molecule has 3 aliphatic rings. The van der Waals surface area contributed by atoms with Crippen LogP contribution in [0.25, 0.3) is 5.76 Å². The molecule has 4 atom stereocenters. The largest absolute Gasteiger partial charge is 0.508 e. The highest BCUT2D eigenvalue weighted by Gasteiger charge is 2.63. The summed E-state index contributed by atoms with van der Waals surface area (Å²) in [6.07, 6.45) is -0.123. The fraction of sp³-hybridized carbons (Fsp3) is 0.440. The fourth-order valence-electron chi connectivity index (χ4n) is 5.45. The van der Waals surface area contributed by atoms with Crippen LogP contribution in [0.5, 0.6) is 5.75 Å². The van der Waals surface area contributed by atoms with Gasteiger partial charge in [0.15, 0.2) is 11.4 Å². The van der Waals surface area contributed by atoms with Gasteiger partial charge in [0.25, 0.3) is 5.91 Å². The minimum atomic E-state index is -2.80. The SMILES string of the molecule is CC(C)(C)NCC(=O)Nc1cc(N)c2c(c1O)C(O)=C1C(=O)[C@]3(O)C(O)=C(C(N)=O)C(=O)[C@@H](N)C3CC1C2. The van der Waals surface area contributed by atoms with Crippen molar-refractivity contribution in [2.75, 3.05) is 17.6 Å². The molecular weight excluding hydrogens is 498 g/mol. The van der Waals surface area contributed by atoms with Gasteiger partial charge in [-0.2, -0.15) is 0 Å². The van der Waals surface area contributed by atoms with E-state index in [-0.39, 0.29) is 53.0 Å². The van der Waals surface area contributed by atoms with Crippen molar-refractivity contribution in [2.45, 2.75) is 50.8 Å². The molecular formula is C25H31N5O8. The van der Waals surface area contributed by atoms with Gasteiger partial charge >= 0.3 is 0 Å². The predicted molar refractivity (Wildman–Crippen MR) is 136 cm³/mol. The number of anilines is 2. The van der Waals surface area contributed by atoms with Crippen molar-refractivity contribution in [3.63, 3.8) is 0 Å². The number of hydrogen-bond donors (Lipinski definition) is 9. The van der Waals surface area contributed by atoms with Gasteiger partial charge in [-0.15, -0.1) is 0 Å². The fourth-order valence-corrected chi connectivity index (χ4v) is 5.45. The maximum Gasteiger partial charge on any atom is 0.255 e. The quantitative estimate of drug-likeness (QED) is 0.102. The van der Waals surface area contributed by atoms with Crippen molar-refractivity contribution in [1.29, 1.82) is 0 Å². The Kier molecular flexibility index (Phi) is 6.29. The number of benzene rings is 1. The van der Waals surface area contributed by atoms with E-state index in [1.165, 1.54) is 6.07 Å². The van der Waals surface area contributed by atoms with Gasteiger partial charge in [-0.3, -0.25) is 19.2 Å². The molecule has 13 nitrogen and oxygen atoms in total. The van der Waals surface area contributed by atoms with Crippen molar-refractivity contribution in [1.82, 2.24) is 5.32 Å². The van der Waals surface area contributed by atoms with Crippen molar-refractivity contribution < 1.29 is 39.6 Å². The summed E-state index contributed by atoms with van der Waals surface area (Å²) in [5, 5.41) is 49.7. The van der Waals surface area contributed by atoms with E-state index in [1.807, 2.05) is 20.8 Å². The van der Waals surface area contributed by atoms with Crippen LogP contribution in [0.15, 0.2) is 23.0 Å². The lowest BCUT2D eigenvalue weighted by atomic mass is 9.58. The first-order valence-electron chi connectivity index (χ1n) is 11.9. The summed E-state index contributed by atoms with van der Waals surface area (Å²) in [5.74, 6) is -8.70. The van der Waals surface area contributed by atoms with E-state index in [2.05, 4.69) is 10.6 Å². The molecule has 0 spiro atoms. The Balaban J connectivity index is 1.81. The van der Waals surface area contributed by atoms with Crippen LogP contribution in [-0.4, -0.2) is 67.5 Å². The molecule has 0 radical (unpaired) electrons. The van der Waals surface area contributed by atoms with Gasteiger partial charge in [-0.25, -0.2) is 0 Å². The Hall–Kier alpha value is -3.94. The number of nitrogens with one attached hydrogen (secondary N) is 2. The van der Waals surface area contributed by atoms with Crippen LogP contribution >= 0.6 is 0 Å². The molecule has 0 aliphatic heterocycles. The van der Waals surface area contributed by atoms with Crippen molar-refractivity contribution >= 4 is 40.5 Å². The number of hydrogen-bond acceptors (Lipinski definition) is 11. The summed E-state index contributed by atoms with van der Waals surface area (Å²) in [4.78, 5) is 50.5. The number of rotatable bonds is 4. The number of Topliss-reactive ketones (excluding diaryl/α,β-unsaturated/α-hetero) is 2. The first-order valence-corrected chi connectivity index (χ1v) is 11.9. The second-order valence-electron chi connectivity index (χ2n) is 10.9. The standard InChI is InChI=1S/C25H31N5O8/c1-24(2,3)29-7-13(31)30-12-6-11(26)9-4-8-5-10-17(27)20(34)16(23(28)37)22(36)25(10,38)21(35)14(8)19(33)15(9)18(12)32/h6,8,10,17,29,32-33,36,38H,4-5,7,26-27H2,1-3H3,(H2,28,37)(H,30,31)/t8?,10?,17-,25-/m0/s1. The third kappa shape index (κ3) is 3.99. The lowest BCUT2D eigenvalue weighted by Gasteiger charge is -2.48. The number of ketones is 2. The Morgan fingerprint density at radius 3 is 2.39 bits per heavy atom. The monoisotopic (exact) mass is 529 g/mol. The minimum Gasteiger partial charge on any atom is -0.508 e. The van der Waals surface area contributed by atoms with E-state index in [0.29, 0.717) is 0 Å². The molecule has 0 aromatic heterocycles. The van der Waals surface area contributed by atoms with E-state index in [0.717, 1.165) is 0 Å². The molecule has 38 heavy (non-hydrogen) atoms. The van der Waals surface area contributed by atoms with E-state index >= 15 is 0 Å². The lowest BCUT2D eigenvalue weighted by molar-refractivity contribution is -0.149. The number of aromatic hydroxyl groups is 1.